The Morgan fingerprint density at radius 3 is 0.945 bits per heavy atom. The molecule has 0 aliphatic carbocycles. The summed E-state index contributed by atoms with van der Waals surface area (Å²) in [5.41, 5.74) is 0.907. The molecule has 6 aromatic carbocycles. The molecule has 13 heteroatoms. The van der Waals surface area contributed by atoms with Gasteiger partial charge < -0.3 is 50.0 Å². The lowest BCUT2D eigenvalue weighted by molar-refractivity contribution is 0.102. The second-order valence-corrected chi connectivity index (χ2v) is 11.4. The first-order valence-corrected chi connectivity index (χ1v) is 16.1. The number of hydrogen-bond donors (Lipinski definition) is 7. The van der Waals surface area contributed by atoms with Crippen LogP contribution < -0.4 is 14.2 Å². The number of carbonyl (C=O) groups excluding carboxylic acids is 3. The minimum absolute atomic E-state index is 0.0474. The molecule has 6 aromatic rings. The van der Waals surface area contributed by atoms with Crippen LogP contribution in [0.25, 0.3) is 0 Å². The van der Waals surface area contributed by atoms with Gasteiger partial charge in [0.15, 0.2) is 17.3 Å². The molecule has 0 amide bonds. The van der Waals surface area contributed by atoms with Crippen molar-refractivity contribution >= 4 is 17.3 Å². The third-order valence-electron chi connectivity index (χ3n) is 7.84. The van der Waals surface area contributed by atoms with E-state index in [0.29, 0.717) is 22.8 Å². The fourth-order valence-corrected chi connectivity index (χ4v) is 4.95. The van der Waals surface area contributed by atoms with Gasteiger partial charge in [0.1, 0.15) is 57.5 Å². The largest absolute Gasteiger partial charge is 0.508 e. The molecule has 7 N–H and O–H groups in total. The van der Waals surface area contributed by atoms with Gasteiger partial charge in [-0.05, 0) is 60.7 Å². The maximum absolute atomic E-state index is 12.3. The first kappa shape index (κ1) is 40.1. The summed E-state index contributed by atoms with van der Waals surface area (Å²) in [4.78, 5) is 36.4. The van der Waals surface area contributed by atoms with E-state index in [-0.39, 0.29) is 73.8 Å². The van der Waals surface area contributed by atoms with Crippen molar-refractivity contribution < 1.29 is 64.3 Å². The number of rotatable bonds is 9. The predicted octanol–water partition coefficient (Wildman–Crippen LogP) is 6.72. The third kappa shape index (κ3) is 10.0. The number of benzene rings is 6. The number of hydrogen-bond acceptors (Lipinski definition) is 13. The lowest BCUT2D eigenvalue weighted by Crippen LogP contribution is -2.02. The van der Waals surface area contributed by atoms with Crippen molar-refractivity contribution in [2.24, 2.45) is 0 Å². The van der Waals surface area contributed by atoms with E-state index in [1.807, 2.05) is 6.07 Å². The first-order chi connectivity index (χ1) is 26.3. The standard InChI is InChI=1S/C15H14O5.C14H12O3.C13H10O5/c1-19-9-3-5-11(13(16)7-9)15(18)12-6-4-10(20-2)8-14(12)17;1-17-11-7-8-12(13(15)9-11)14(16)10-5-3-2-4-6-10;14-7-1-3-9(11(16)5-7)13(18)10-4-2-8(15)6-12(10)17/h3-8,16-17H,1-2H3;2-9,15H,1H3;1-6,14-17H. The second kappa shape index (κ2) is 18.2. The summed E-state index contributed by atoms with van der Waals surface area (Å²) < 4.78 is 14.9. The highest BCUT2D eigenvalue weighted by atomic mass is 16.5. The molecule has 6 rings (SSSR count). The van der Waals surface area contributed by atoms with Crippen LogP contribution in [-0.4, -0.2) is 74.4 Å². The average Bonchev–Trinajstić information content (AvgIpc) is 3.17. The zero-order valence-corrected chi connectivity index (χ0v) is 29.6. The Labute approximate surface area is 314 Å². The quantitative estimate of drug-likeness (QED) is 0.0765. The number of aromatic hydroxyl groups is 7. The van der Waals surface area contributed by atoms with Crippen molar-refractivity contribution in [3.8, 4) is 57.5 Å². The maximum Gasteiger partial charge on any atom is 0.200 e. The van der Waals surface area contributed by atoms with Gasteiger partial charge in [-0.25, -0.2) is 0 Å². The first-order valence-electron chi connectivity index (χ1n) is 16.1. The number of ether oxygens (including phenoxy) is 3. The van der Waals surface area contributed by atoms with E-state index in [1.165, 1.54) is 75.9 Å². The topological polar surface area (TPSA) is 221 Å². The molecule has 0 unspecified atom stereocenters. The van der Waals surface area contributed by atoms with E-state index in [9.17, 15) is 39.9 Å². The van der Waals surface area contributed by atoms with Gasteiger partial charge in [0.2, 0.25) is 0 Å². The van der Waals surface area contributed by atoms with Gasteiger partial charge in [-0.1, -0.05) is 30.3 Å². The molecular formula is C42H36O13. The lowest BCUT2D eigenvalue weighted by atomic mass is 10.0. The summed E-state index contributed by atoms with van der Waals surface area (Å²) in [5.74, 6) is -1.46. The summed E-state index contributed by atoms with van der Waals surface area (Å²) in [6.07, 6.45) is 0. The zero-order chi connectivity index (χ0) is 40.2. The fourth-order valence-electron chi connectivity index (χ4n) is 4.95. The van der Waals surface area contributed by atoms with Gasteiger partial charge in [0.25, 0.3) is 0 Å². The van der Waals surface area contributed by atoms with Gasteiger partial charge in [0, 0.05) is 35.9 Å². The molecule has 13 nitrogen and oxygen atoms in total. The minimum Gasteiger partial charge on any atom is -0.508 e. The van der Waals surface area contributed by atoms with Crippen LogP contribution in [0.4, 0.5) is 0 Å². The van der Waals surface area contributed by atoms with Crippen LogP contribution in [0.15, 0.2) is 121 Å². The second-order valence-electron chi connectivity index (χ2n) is 11.4. The highest BCUT2D eigenvalue weighted by molar-refractivity contribution is 6.13. The van der Waals surface area contributed by atoms with Gasteiger partial charge in [-0.15, -0.1) is 0 Å². The van der Waals surface area contributed by atoms with Crippen molar-refractivity contribution in [2.45, 2.75) is 0 Å². The molecule has 0 saturated carbocycles. The molecule has 0 atom stereocenters. The van der Waals surface area contributed by atoms with E-state index in [4.69, 9.17) is 24.4 Å². The van der Waals surface area contributed by atoms with Crippen LogP contribution in [-0.2, 0) is 0 Å². The van der Waals surface area contributed by atoms with Gasteiger partial charge in [-0.3, -0.25) is 14.4 Å². The Morgan fingerprint density at radius 2 is 0.655 bits per heavy atom. The van der Waals surface area contributed by atoms with Crippen LogP contribution in [0, 0.1) is 0 Å². The Kier molecular flexibility index (Phi) is 13.3. The van der Waals surface area contributed by atoms with E-state index in [2.05, 4.69) is 0 Å². The van der Waals surface area contributed by atoms with Crippen LogP contribution in [0.2, 0.25) is 0 Å². The summed E-state index contributed by atoms with van der Waals surface area (Å²) in [7, 11) is 4.44. The molecule has 55 heavy (non-hydrogen) atoms. The predicted molar refractivity (Wildman–Crippen MR) is 200 cm³/mol. The molecule has 0 radical (unpaired) electrons. The maximum atomic E-state index is 12.3. The molecule has 0 saturated heterocycles. The summed E-state index contributed by atoms with van der Waals surface area (Å²) in [6.45, 7) is 0. The molecule has 0 bridgehead atoms. The normalized spacial score (nSPS) is 10.1. The van der Waals surface area contributed by atoms with Crippen molar-refractivity contribution in [1.82, 2.24) is 0 Å². The molecule has 0 aliphatic rings. The average molecular weight is 749 g/mol. The number of ketones is 3. The van der Waals surface area contributed by atoms with Gasteiger partial charge >= 0.3 is 0 Å². The Balaban J connectivity index is 0.000000184. The van der Waals surface area contributed by atoms with Crippen LogP contribution in [0.5, 0.6) is 57.5 Å². The van der Waals surface area contributed by atoms with Crippen LogP contribution >= 0.6 is 0 Å². The minimum atomic E-state index is -0.606. The summed E-state index contributed by atoms with van der Waals surface area (Å²) >= 11 is 0. The van der Waals surface area contributed by atoms with Crippen molar-refractivity contribution in [3.05, 3.63) is 155 Å². The Hall–Kier alpha value is -7.67. The smallest absolute Gasteiger partial charge is 0.200 e. The zero-order valence-electron chi connectivity index (χ0n) is 29.6. The molecule has 0 fully saturated rings. The lowest BCUT2D eigenvalue weighted by Gasteiger charge is -2.08. The van der Waals surface area contributed by atoms with E-state index in [1.54, 1.807) is 48.5 Å². The van der Waals surface area contributed by atoms with E-state index < -0.39 is 11.6 Å². The fraction of sp³-hybridized carbons (Fsp3) is 0.0714. The SMILES string of the molecule is COc1ccc(C(=O)c2ccc(OC)cc2O)c(O)c1.COc1ccc(C(=O)c2ccccc2)c(O)c1.O=C(c1ccc(O)cc1O)c1ccc(O)cc1O. The van der Waals surface area contributed by atoms with Crippen molar-refractivity contribution in [1.29, 1.82) is 0 Å². The van der Waals surface area contributed by atoms with Crippen LogP contribution in [0.3, 0.4) is 0 Å². The Morgan fingerprint density at radius 1 is 0.364 bits per heavy atom. The number of phenolic OH excluding ortho intramolecular Hbond substituents is 7. The highest BCUT2D eigenvalue weighted by Gasteiger charge is 2.19. The highest BCUT2D eigenvalue weighted by Crippen LogP contribution is 2.32. The molecule has 0 heterocycles. The summed E-state index contributed by atoms with van der Waals surface area (Å²) in [5, 5.41) is 66.8. The number of methoxy groups -OCH3 is 3. The third-order valence-corrected chi connectivity index (χ3v) is 7.84. The Bertz CT molecular complexity index is 2210. The van der Waals surface area contributed by atoms with Gasteiger partial charge in [0.05, 0.1) is 49.1 Å². The van der Waals surface area contributed by atoms with Crippen molar-refractivity contribution in [2.75, 3.05) is 21.3 Å². The summed E-state index contributed by atoms with van der Waals surface area (Å²) in [6, 6.07) is 29.2. The number of phenols is 7. The van der Waals surface area contributed by atoms with E-state index in [0.717, 1.165) is 12.1 Å². The van der Waals surface area contributed by atoms with E-state index >= 15 is 0 Å². The molecule has 0 aromatic heterocycles. The molecular weight excluding hydrogens is 712 g/mol. The molecule has 0 aliphatic heterocycles. The van der Waals surface area contributed by atoms with Crippen LogP contribution in [0.1, 0.15) is 47.8 Å². The molecule has 0 spiro atoms. The number of carbonyl (C=O) groups is 3. The van der Waals surface area contributed by atoms with Crippen molar-refractivity contribution in [3.63, 3.8) is 0 Å². The van der Waals surface area contributed by atoms with Gasteiger partial charge in [-0.2, -0.15) is 0 Å². The monoisotopic (exact) mass is 748 g/mol. The molecule has 282 valence electrons.